The van der Waals surface area contributed by atoms with Gasteiger partial charge in [-0.25, -0.2) is 0 Å². The Bertz CT molecular complexity index is 504. The molecule has 0 saturated carbocycles. The van der Waals surface area contributed by atoms with E-state index in [2.05, 4.69) is 18.8 Å². The van der Waals surface area contributed by atoms with E-state index < -0.39 is 11.9 Å². The number of carbonyl (C=O) groups is 1. The van der Waals surface area contributed by atoms with E-state index in [1.165, 1.54) is 6.42 Å². The molecular formula is C14H21N3O. The van der Waals surface area contributed by atoms with Crippen LogP contribution in [0.4, 0.5) is 0 Å². The largest absolute Gasteiger partial charge is 0.368 e. The van der Waals surface area contributed by atoms with Gasteiger partial charge in [0.2, 0.25) is 5.91 Å². The number of nitrogens with two attached hydrogens (primary N) is 2. The number of para-hydroxylation sites is 1. The molecule has 1 heterocycles. The highest BCUT2D eigenvalue weighted by Gasteiger charge is 2.12. The maximum Gasteiger partial charge on any atom is 0.234 e. The molecule has 18 heavy (non-hydrogen) atoms. The molecule has 0 aliphatic rings. The Kier molecular flexibility index (Phi) is 5.39. The van der Waals surface area contributed by atoms with Gasteiger partial charge in [0.05, 0.1) is 6.04 Å². The number of nitrogens with one attached hydrogen (secondary N) is 1. The summed E-state index contributed by atoms with van der Waals surface area (Å²) in [7, 11) is 0. The van der Waals surface area contributed by atoms with Crippen LogP contribution in [0.2, 0.25) is 0 Å². The van der Waals surface area contributed by atoms with Crippen molar-refractivity contribution in [2.24, 2.45) is 11.5 Å². The molecule has 5 N–H and O–H groups in total. The third kappa shape index (κ3) is 3.60. The molecule has 0 spiro atoms. The SMILES string of the molecule is CCC.NC(=O)C(N)Cc1c[nH]c2ccccc12. The van der Waals surface area contributed by atoms with Gasteiger partial charge in [0, 0.05) is 17.1 Å². The Morgan fingerprint density at radius 1 is 1.33 bits per heavy atom. The van der Waals surface area contributed by atoms with Crippen molar-refractivity contribution in [1.29, 1.82) is 0 Å². The average Bonchev–Trinajstić information content (AvgIpc) is 2.74. The number of hydrogen-bond acceptors (Lipinski definition) is 2. The number of primary amides is 1. The van der Waals surface area contributed by atoms with Crippen molar-refractivity contribution in [3.8, 4) is 0 Å². The molecule has 0 aliphatic heterocycles. The van der Waals surface area contributed by atoms with Crippen LogP contribution >= 0.6 is 0 Å². The maximum absolute atomic E-state index is 10.8. The summed E-state index contributed by atoms with van der Waals surface area (Å²) in [5.74, 6) is -0.472. The van der Waals surface area contributed by atoms with Gasteiger partial charge < -0.3 is 16.5 Å². The van der Waals surface area contributed by atoms with Crippen molar-refractivity contribution >= 4 is 16.8 Å². The second-order valence-electron chi connectivity index (χ2n) is 4.28. The number of hydrogen-bond donors (Lipinski definition) is 3. The van der Waals surface area contributed by atoms with Crippen LogP contribution < -0.4 is 11.5 Å². The van der Waals surface area contributed by atoms with Crippen LogP contribution in [0.25, 0.3) is 10.9 Å². The van der Waals surface area contributed by atoms with Gasteiger partial charge in [-0.3, -0.25) is 4.79 Å². The van der Waals surface area contributed by atoms with Gasteiger partial charge in [-0.2, -0.15) is 0 Å². The van der Waals surface area contributed by atoms with Gasteiger partial charge in [-0.05, 0) is 18.1 Å². The molecule has 0 bridgehead atoms. The fraction of sp³-hybridized carbons (Fsp3) is 0.357. The molecule has 2 aromatic rings. The van der Waals surface area contributed by atoms with Crippen molar-refractivity contribution in [2.75, 3.05) is 0 Å². The van der Waals surface area contributed by atoms with Crippen LogP contribution in [0, 0.1) is 0 Å². The number of amides is 1. The number of aromatic amines is 1. The number of fused-ring (bicyclic) bond motifs is 1. The summed E-state index contributed by atoms with van der Waals surface area (Å²) < 4.78 is 0. The summed E-state index contributed by atoms with van der Waals surface area (Å²) >= 11 is 0. The predicted molar refractivity (Wildman–Crippen MR) is 75.1 cm³/mol. The topological polar surface area (TPSA) is 84.9 Å². The van der Waals surface area contributed by atoms with Gasteiger partial charge in [0.25, 0.3) is 0 Å². The minimum Gasteiger partial charge on any atom is -0.368 e. The van der Waals surface area contributed by atoms with Gasteiger partial charge in [-0.15, -0.1) is 0 Å². The Morgan fingerprint density at radius 3 is 2.56 bits per heavy atom. The smallest absolute Gasteiger partial charge is 0.234 e. The number of H-pyrrole nitrogens is 1. The second kappa shape index (κ2) is 6.81. The molecular weight excluding hydrogens is 226 g/mol. The summed E-state index contributed by atoms with van der Waals surface area (Å²) in [6, 6.07) is 7.26. The average molecular weight is 247 g/mol. The summed E-state index contributed by atoms with van der Waals surface area (Å²) in [4.78, 5) is 14.0. The van der Waals surface area contributed by atoms with Gasteiger partial charge >= 0.3 is 0 Å². The summed E-state index contributed by atoms with van der Waals surface area (Å²) in [6.45, 7) is 4.25. The fourth-order valence-corrected chi connectivity index (χ4v) is 1.64. The van der Waals surface area contributed by atoms with E-state index in [1.54, 1.807) is 0 Å². The van der Waals surface area contributed by atoms with Crippen LogP contribution in [0.1, 0.15) is 25.8 Å². The van der Waals surface area contributed by atoms with E-state index in [0.717, 1.165) is 16.5 Å². The van der Waals surface area contributed by atoms with Crippen LogP contribution in [0.5, 0.6) is 0 Å². The summed E-state index contributed by atoms with van der Waals surface area (Å²) in [5.41, 5.74) is 12.8. The molecule has 2 rings (SSSR count). The van der Waals surface area contributed by atoms with Gasteiger partial charge in [0.1, 0.15) is 0 Å². The Hall–Kier alpha value is -1.81. The van der Waals surface area contributed by atoms with E-state index in [0.29, 0.717) is 6.42 Å². The molecule has 0 saturated heterocycles. The molecule has 1 aromatic carbocycles. The predicted octanol–water partition coefficient (Wildman–Crippen LogP) is 1.94. The van der Waals surface area contributed by atoms with Crippen LogP contribution in [-0.4, -0.2) is 16.9 Å². The van der Waals surface area contributed by atoms with Crippen molar-refractivity contribution < 1.29 is 4.79 Å². The minimum absolute atomic E-state index is 0.472. The molecule has 0 aliphatic carbocycles. The van der Waals surface area contributed by atoms with Crippen molar-refractivity contribution in [3.63, 3.8) is 0 Å². The normalized spacial score (nSPS) is 11.7. The molecule has 1 aromatic heterocycles. The van der Waals surface area contributed by atoms with E-state index in [-0.39, 0.29) is 0 Å². The van der Waals surface area contributed by atoms with E-state index in [9.17, 15) is 4.79 Å². The molecule has 1 atom stereocenters. The third-order valence-electron chi connectivity index (χ3n) is 2.48. The first kappa shape index (κ1) is 14.3. The molecule has 1 unspecified atom stereocenters. The lowest BCUT2D eigenvalue weighted by Crippen LogP contribution is -2.38. The lowest BCUT2D eigenvalue weighted by molar-refractivity contribution is -0.119. The van der Waals surface area contributed by atoms with E-state index in [4.69, 9.17) is 11.5 Å². The zero-order valence-electron chi connectivity index (χ0n) is 10.9. The lowest BCUT2D eigenvalue weighted by atomic mass is 10.1. The minimum atomic E-state index is -0.621. The first-order chi connectivity index (χ1) is 8.60. The molecule has 0 fully saturated rings. The van der Waals surface area contributed by atoms with Crippen molar-refractivity contribution in [1.82, 2.24) is 4.98 Å². The maximum atomic E-state index is 10.8. The molecule has 0 radical (unpaired) electrons. The Balaban J connectivity index is 0.000000492. The Morgan fingerprint density at radius 2 is 1.94 bits per heavy atom. The van der Waals surface area contributed by atoms with E-state index >= 15 is 0 Å². The standard InChI is InChI=1S/C11H13N3O.C3H8/c12-9(11(13)15)5-7-6-14-10-4-2-1-3-8(7)10;1-3-2/h1-4,6,9,14H,5,12H2,(H2,13,15);3H2,1-2H3. The van der Waals surface area contributed by atoms with Crippen LogP contribution in [0.15, 0.2) is 30.5 Å². The Labute approximate surface area is 107 Å². The van der Waals surface area contributed by atoms with Crippen molar-refractivity contribution in [3.05, 3.63) is 36.0 Å². The number of rotatable bonds is 3. The second-order valence-corrected chi connectivity index (χ2v) is 4.28. The van der Waals surface area contributed by atoms with Gasteiger partial charge in [0.15, 0.2) is 0 Å². The summed E-state index contributed by atoms with van der Waals surface area (Å²) in [5, 5.41) is 1.09. The monoisotopic (exact) mass is 247 g/mol. The van der Waals surface area contributed by atoms with Gasteiger partial charge in [-0.1, -0.05) is 38.5 Å². The van der Waals surface area contributed by atoms with Crippen molar-refractivity contribution in [2.45, 2.75) is 32.7 Å². The van der Waals surface area contributed by atoms with E-state index in [1.807, 2.05) is 30.5 Å². The summed E-state index contributed by atoms with van der Waals surface area (Å²) in [6.07, 6.45) is 3.59. The first-order valence-corrected chi connectivity index (χ1v) is 6.20. The molecule has 4 nitrogen and oxygen atoms in total. The molecule has 1 amide bonds. The quantitative estimate of drug-likeness (QED) is 0.774. The third-order valence-corrected chi connectivity index (χ3v) is 2.48. The molecule has 4 heteroatoms. The zero-order valence-corrected chi connectivity index (χ0v) is 10.9. The van der Waals surface area contributed by atoms with Crippen LogP contribution in [-0.2, 0) is 11.2 Å². The fourth-order valence-electron chi connectivity index (χ4n) is 1.64. The zero-order chi connectivity index (χ0) is 13.5. The molecule has 98 valence electrons. The highest BCUT2D eigenvalue weighted by atomic mass is 16.1. The first-order valence-electron chi connectivity index (χ1n) is 6.20. The highest BCUT2D eigenvalue weighted by molar-refractivity contribution is 5.85. The number of aromatic nitrogens is 1. The number of benzene rings is 1. The highest BCUT2D eigenvalue weighted by Crippen LogP contribution is 2.18. The van der Waals surface area contributed by atoms with Crippen LogP contribution in [0.3, 0.4) is 0 Å². The lowest BCUT2D eigenvalue weighted by Gasteiger charge is -2.05. The number of carbonyl (C=O) groups excluding carboxylic acids is 1.